The average Bonchev–Trinajstić information content (AvgIpc) is 3.28. The summed E-state index contributed by atoms with van der Waals surface area (Å²) in [7, 11) is 0. The highest BCUT2D eigenvalue weighted by Crippen LogP contribution is 2.22. The van der Waals surface area contributed by atoms with Crippen LogP contribution >= 0.6 is 0 Å². The van der Waals surface area contributed by atoms with E-state index >= 15 is 0 Å². The molecule has 5 nitrogen and oxygen atoms in total. The number of benzene rings is 1. The van der Waals surface area contributed by atoms with Gasteiger partial charge in [-0.2, -0.15) is 5.10 Å². The molecule has 2 aliphatic heterocycles. The van der Waals surface area contributed by atoms with Gasteiger partial charge in [0, 0.05) is 64.6 Å². The molecule has 0 spiro atoms. The van der Waals surface area contributed by atoms with E-state index in [1.165, 1.54) is 63.5 Å². The Kier molecular flexibility index (Phi) is 5.91. The maximum atomic E-state index is 4.69. The van der Waals surface area contributed by atoms with E-state index in [1.54, 1.807) is 0 Å². The van der Waals surface area contributed by atoms with Crippen molar-refractivity contribution in [3.8, 4) is 0 Å². The number of hydrogen-bond donors (Lipinski definition) is 0. The van der Waals surface area contributed by atoms with Gasteiger partial charge in [0.05, 0.1) is 11.7 Å². The highest BCUT2D eigenvalue weighted by Gasteiger charge is 2.26. The van der Waals surface area contributed by atoms with Gasteiger partial charge in [0.15, 0.2) is 0 Å². The maximum absolute atomic E-state index is 4.69. The van der Waals surface area contributed by atoms with Crippen molar-refractivity contribution < 1.29 is 0 Å². The second kappa shape index (κ2) is 8.55. The third kappa shape index (κ3) is 4.78. The molecular weight excluding hydrogens is 334 g/mol. The van der Waals surface area contributed by atoms with Crippen molar-refractivity contribution in [3.63, 3.8) is 0 Å². The summed E-state index contributed by atoms with van der Waals surface area (Å²) in [6.07, 6.45) is 1.23. The van der Waals surface area contributed by atoms with Gasteiger partial charge in [0.2, 0.25) is 0 Å². The van der Waals surface area contributed by atoms with Crippen molar-refractivity contribution in [1.82, 2.24) is 24.5 Å². The second-order valence-electron chi connectivity index (χ2n) is 8.22. The van der Waals surface area contributed by atoms with Crippen molar-refractivity contribution in [2.45, 2.75) is 32.9 Å². The maximum Gasteiger partial charge on any atom is 0.0661 e. The molecule has 5 heteroatoms. The van der Waals surface area contributed by atoms with E-state index in [0.717, 1.165) is 18.8 Å². The first-order valence-corrected chi connectivity index (χ1v) is 10.4. The van der Waals surface area contributed by atoms with E-state index in [9.17, 15) is 0 Å². The van der Waals surface area contributed by atoms with Crippen molar-refractivity contribution in [1.29, 1.82) is 0 Å². The fourth-order valence-electron chi connectivity index (χ4n) is 4.53. The average molecular weight is 368 g/mol. The van der Waals surface area contributed by atoms with Crippen molar-refractivity contribution >= 4 is 0 Å². The van der Waals surface area contributed by atoms with E-state index in [2.05, 4.69) is 69.6 Å². The minimum atomic E-state index is 0.557. The van der Waals surface area contributed by atoms with Gasteiger partial charge in [-0.15, -0.1) is 0 Å². The minimum Gasteiger partial charge on any atom is -0.300 e. The summed E-state index contributed by atoms with van der Waals surface area (Å²) in [6.45, 7) is 14.9. The highest BCUT2D eigenvalue weighted by molar-refractivity contribution is 5.14. The van der Waals surface area contributed by atoms with E-state index < -0.39 is 0 Å². The zero-order valence-corrected chi connectivity index (χ0v) is 16.8. The van der Waals surface area contributed by atoms with Crippen molar-refractivity contribution in [3.05, 3.63) is 53.3 Å². The van der Waals surface area contributed by atoms with E-state index in [1.807, 2.05) is 0 Å². The molecule has 1 aromatic heterocycles. The molecule has 0 aliphatic carbocycles. The summed E-state index contributed by atoms with van der Waals surface area (Å²) < 4.78 is 2.25. The van der Waals surface area contributed by atoms with Gasteiger partial charge in [0.25, 0.3) is 0 Å². The molecule has 0 N–H and O–H groups in total. The van der Waals surface area contributed by atoms with Gasteiger partial charge in [-0.05, 0) is 31.9 Å². The van der Waals surface area contributed by atoms with E-state index in [-0.39, 0.29) is 0 Å². The molecule has 2 fully saturated rings. The summed E-state index contributed by atoms with van der Waals surface area (Å²) in [5.41, 5.74) is 3.87. The zero-order chi connectivity index (χ0) is 18.6. The highest BCUT2D eigenvalue weighted by atomic mass is 15.3. The van der Waals surface area contributed by atoms with Crippen LogP contribution in [0.15, 0.2) is 36.4 Å². The molecule has 2 aromatic rings. The predicted octanol–water partition coefficient (Wildman–Crippen LogP) is 2.56. The number of piperazine rings is 1. The number of likely N-dealkylation sites (tertiary alicyclic amines) is 1. The monoisotopic (exact) mass is 367 g/mol. The number of rotatable bonds is 6. The minimum absolute atomic E-state index is 0.557. The third-order valence-corrected chi connectivity index (χ3v) is 6.08. The molecule has 0 bridgehead atoms. The molecule has 0 saturated carbocycles. The Morgan fingerprint density at radius 2 is 1.59 bits per heavy atom. The Morgan fingerprint density at radius 3 is 2.30 bits per heavy atom. The number of aryl methyl sites for hydroxylation is 2. The molecule has 2 aliphatic rings. The SMILES string of the molecule is Cc1cc(C)n([C@H]2CCN(CCN3CCN(Cc4ccccc4)CC3)C2)n1. The quantitative estimate of drug-likeness (QED) is 0.784. The van der Waals surface area contributed by atoms with Crippen LogP contribution in [0.1, 0.15) is 29.4 Å². The zero-order valence-electron chi connectivity index (χ0n) is 16.8. The fourth-order valence-corrected chi connectivity index (χ4v) is 4.53. The predicted molar refractivity (Wildman–Crippen MR) is 110 cm³/mol. The standard InChI is InChI=1S/C22H33N5/c1-19-16-20(2)27(23-19)22-8-9-25(18-22)13-10-24-11-14-26(15-12-24)17-21-6-4-3-5-7-21/h3-7,16,22H,8-15,17-18H2,1-2H3/t22-/m0/s1. The summed E-state index contributed by atoms with van der Waals surface area (Å²) >= 11 is 0. The first kappa shape index (κ1) is 18.7. The van der Waals surface area contributed by atoms with Gasteiger partial charge in [0.1, 0.15) is 0 Å². The smallest absolute Gasteiger partial charge is 0.0661 e. The number of hydrogen-bond acceptors (Lipinski definition) is 4. The topological polar surface area (TPSA) is 27.5 Å². The lowest BCUT2D eigenvalue weighted by Gasteiger charge is -2.35. The molecule has 146 valence electrons. The fraction of sp³-hybridized carbons (Fsp3) is 0.591. The Hall–Kier alpha value is -1.69. The molecule has 27 heavy (non-hydrogen) atoms. The largest absolute Gasteiger partial charge is 0.300 e. The van der Waals surface area contributed by atoms with Crippen LogP contribution in [0, 0.1) is 13.8 Å². The van der Waals surface area contributed by atoms with Gasteiger partial charge >= 0.3 is 0 Å². The van der Waals surface area contributed by atoms with Gasteiger partial charge < -0.3 is 0 Å². The van der Waals surface area contributed by atoms with E-state index in [0.29, 0.717) is 6.04 Å². The molecule has 4 rings (SSSR count). The van der Waals surface area contributed by atoms with Gasteiger partial charge in [-0.3, -0.25) is 19.4 Å². The third-order valence-electron chi connectivity index (χ3n) is 6.08. The summed E-state index contributed by atoms with van der Waals surface area (Å²) in [4.78, 5) is 7.84. The van der Waals surface area contributed by atoms with Crippen LogP contribution in [-0.4, -0.2) is 76.8 Å². The van der Waals surface area contributed by atoms with Crippen LogP contribution in [0.2, 0.25) is 0 Å². The number of aromatic nitrogens is 2. The van der Waals surface area contributed by atoms with Crippen LogP contribution in [0.4, 0.5) is 0 Å². The lowest BCUT2D eigenvalue weighted by molar-refractivity contribution is 0.117. The van der Waals surface area contributed by atoms with E-state index in [4.69, 9.17) is 5.10 Å². The van der Waals surface area contributed by atoms with Crippen LogP contribution in [0.3, 0.4) is 0 Å². The molecule has 0 amide bonds. The van der Waals surface area contributed by atoms with Crippen LogP contribution in [0.25, 0.3) is 0 Å². The molecule has 1 atom stereocenters. The lowest BCUT2D eigenvalue weighted by Crippen LogP contribution is -2.47. The Morgan fingerprint density at radius 1 is 0.889 bits per heavy atom. The Bertz CT molecular complexity index is 718. The molecular formula is C22H33N5. The van der Waals surface area contributed by atoms with Gasteiger partial charge in [-0.1, -0.05) is 30.3 Å². The van der Waals surface area contributed by atoms with Gasteiger partial charge in [-0.25, -0.2) is 0 Å². The molecule has 0 radical (unpaired) electrons. The first-order chi connectivity index (χ1) is 13.2. The van der Waals surface area contributed by atoms with Crippen molar-refractivity contribution in [2.75, 3.05) is 52.4 Å². The van der Waals surface area contributed by atoms with Crippen LogP contribution in [-0.2, 0) is 6.54 Å². The molecule has 3 heterocycles. The molecule has 2 saturated heterocycles. The lowest BCUT2D eigenvalue weighted by atomic mass is 10.2. The molecule has 1 aromatic carbocycles. The Balaban J connectivity index is 1.18. The summed E-state index contributed by atoms with van der Waals surface area (Å²) in [6, 6.07) is 13.6. The summed E-state index contributed by atoms with van der Waals surface area (Å²) in [5, 5.41) is 4.69. The second-order valence-corrected chi connectivity index (χ2v) is 8.22. The van der Waals surface area contributed by atoms with Crippen LogP contribution < -0.4 is 0 Å². The summed E-state index contributed by atoms with van der Waals surface area (Å²) in [5.74, 6) is 0. The molecule has 0 unspecified atom stereocenters. The van der Waals surface area contributed by atoms with Crippen LogP contribution in [0.5, 0.6) is 0 Å². The Labute approximate surface area is 163 Å². The first-order valence-electron chi connectivity index (χ1n) is 10.4. The number of nitrogens with zero attached hydrogens (tertiary/aromatic N) is 5. The normalized spacial score (nSPS) is 22.5. The van der Waals surface area contributed by atoms with Crippen molar-refractivity contribution in [2.24, 2.45) is 0 Å².